The fourth-order valence-electron chi connectivity index (χ4n) is 0.819. The molecule has 0 saturated carbocycles. The summed E-state index contributed by atoms with van der Waals surface area (Å²) in [6.07, 6.45) is -3.03. The molecule has 0 bridgehead atoms. The number of hydrogen-bond donors (Lipinski definition) is 1. The molecule has 0 heterocycles. The summed E-state index contributed by atoms with van der Waals surface area (Å²) >= 11 is 0. The molecular formula is C5H6NNa5O9P2. The molecule has 1 amide bonds. The van der Waals surface area contributed by atoms with Gasteiger partial charge < -0.3 is 43.9 Å². The molecule has 10 nitrogen and oxygen atoms in total. The molecule has 0 fully saturated rings. The Kier molecular flexibility index (Phi) is 34.5. The number of carboxylic acid groups (broad SMARTS) is 1. The van der Waals surface area contributed by atoms with Crippen LogP contribution in [-0.4, -0.2) is 30.2 Å². The van der Waals surface area contributed by atoms with Gasteiger partial charge in [-0.1, -0.05) is 15.2 Å². The maximum atomic E-state index is 10.8. The van der Waals surface area contributed by atoms with Crippen LogP contribution in [0.2, 0.25) is 0 Å². The van der Waals surface area contributed by atoms with Gasteiger partial charge in [0, 0.05) is 6.16 Å². The molecule has 17 heteroatoms. The molecule has 0 spiro atoms. The SMILES string of the molecule is O=C(CP(=O)([O-])[O-])NC(CP(=O)([O-])[O-])C(=O)[O-].[Na+].[Na+].[Na+].[Na+].[Na+]. The summed E-state index contributed by atoms with van der Waals surface area (Å²) in [5, 5.41) is 11.7. The van der Waals surface area contributed by atoms with Gasteiger partial charge >= 0.3 is 148 Å². The molecule has 0 aliphatic rings. The molecule has 0 aliphatic carbocycles. The van der Waals surface area contributed by atoms with E-state index in [0.29, 0.717) is 0 Å². The molecule has 0 aromatic heterocycles. The fourth-order valence-corrected chi connectivity index (χ4v) is 1.95. The van der Waals surface area contributed by atoms with Crippen molar-refractivity contribution in [2.75, 3.05) is 12.3 Å². The van der Waals surface area contributed by atoms with Gasteiger partial charge in [-0.2, -0.15) is 0 Å². The second-order valence-corrected chi connectivity index (χ2v) is 6.13. The third-order valence-electron chi connectivity index (χ3n) is 1.36. The predicted octanol–water partition coefficient (Wildman–Crippen LogP) is -20.9. The van der Waals surface area contributed by atoms with Crippen molar-refractivity contribution < 1.29 is 191 Å². The first kappa shape index (κ1) is 40.8. The largest absolute Gasteiger partial charge is 1.00 e. The molecular weight excluding hydrogens is 395 g/mol. The summed E-state index contributed by atoms with van der Waals surface area (Å²) < 4.78 is 20.4. The minimum absolute atomic E-state index is 0. The van der Waals surface area contributed by atoms with Crippen LogP contribution in [-0.2, 0) is 18.7 Å². The number of carbonyl (C=O) groups is 2. The van der Waals surface area contributed by atoms with Crippen molar-refractivity contribution in [1.29, 1.82) is 0 Å². The van der Waals surface area contributed by atoms with Gasteiger partial charge in [-0.3, -0.25) is 4.79 Å². The summed E-state index contributed by atoms with van der Waals surface area (Å²) in [6, 6.07) is -2.20. The van der Waals surface area contributed by atoms with Crippen LogP contribution < -0.4 is 178 Å². The maximum Gasteiger partial charge on any atom is 1.00 e. The number of rotatable bonds is 6. The smallest absolute Gasteiger partial charge is 0.811 e. The first-order chi connectivity index (χ1) is 7.41. The van der Waals surface area contributed by atoms with E-state index in [-0.39, 0.29) is 148 Å². The van der Waals surface area contributed by atoms with E-state index >= 15 is 0 Å². The minimum Gasteiger partial charge on any atom is -0.811 e. The van der Waals surface area contributed by atoms with Gasteiger partial charge in [0.2, 0.25) is 5.91 Å². The molecule has 0 aliphatic heterocycles. The Morgan fingerprint density at radius 1 is 0.864 bits per heavy atom. The van der Waals surface area contributed by atoms with E-state index in [1.807, 2.05) is 0 Å². The van der Waals surface area contributed by atoms with Gasteiger partial charge in [0.05, 0.1) is 18.2 Å². The number of carbonyl (C=O) groups excluding carboxylic acids is 2. The second kappa shape index (κ2) is 18.6. The molecule has 1 atom stereocenters. The third kappa shape index (κ3) is 26.5. The van der Waals surface area contributed by atoms with Gasteiger partial charge in [-0.25, -0.2) is 0 Å². The van der Waals surface area contributed by atoms with Crippen LogP contribution in [0.15, 0.2) is 0 Å². The molecule has 22 heavy (non-hydrogen) atoms. The van der Waals surface area contributed by atoms with Crippen LogP contribution in [0, 0.1) is 0 Å². The van der Waals surface area contributed by atoms with Gasteiger partial charge in [-0.15, -0.1) is 0 Å². The summed E-state index contributed by atoms with van der Waals surface area (Å²) in [5.41, 5.74) is 0. The minimum atomic E-state index is -5.24. The Morgan fingerprint density at radius 2 is 1.23 bits per heavy atom. The van der Waals surface area contributed by atoms with Crippen LogP contribution >= 0.6 is 15.2 Å². The Hall–Kier alpha value is 4.24. The van der Waals surface area contributed by atoms with Gasteiger partial charge in [-0.05, 0) is 0 Å². The molecule has 0 aromatic rings. The van der Waals surface area contributed by atoms with E-state index < -0.39 is 45.4 Å². The zero-order chi connectivity index (χ0) is 13.9. The van der Waals surface area contributed by atoms with Crippen LogP contribution in [0.25, 0.3) is 0 Å². The second-order valence-electron chi connectivity index (χ2n) is 3.00. The molecule has 0 rings (SSSR count). The van der Waals surface area contributed by atoms with Crippen molar-refractivity contribution in [3.8, 4) is 0 Å². The van der Waals surface area contributed by atoms with Crippen molar-refractivity contribution in [2.45, 2.75) is 6.04 Å². The summed E-state index contributed by atoms with van der Waals surface area (Å²) in [4.78, 5) is 61.9. The number of amides is 1. The average molecular weight is 401 g/mol. The number of nitrogens with one attached hydrogen (secondary N) is 1. The fraction of sp³-hybridized carbons (Fsp3) is 0.600. The predicted molar refractivity (Wildman–Crippen MR) is 41.9 cm³/mol. The van der Waals surface area contributed by atoms with E-state index in [1.54, 1.807) is 0 Å². The molecule has 0 aromatic carbocycles. The van der Waals surface area contributed by atoms with Crippen molar-refractivity contribution in [3.63, 3.8) is 0 Å². The summed E-state index contributed by atoms with van der Waals surface area (Å²) in [7, 11) is -10.5. The molecule has 0 saturated heterocycles. The monoisotopic (exact) mass is 401 g/mol. The van der Waals surface area contributed by atoms with Crippen LogP contribution in [0.5, 0.6) is 0 Å². The van der Waals surface area contributed by atoms with Crippen molar-refractivity contribution in [2.24, 2.45) is 0 Å². The van der Waals surface area contributed by atoms with Crippen LogP contribution in [0.1, 0.15) is 0 Å². The topological polar surface area (TPSA) is 196 Å². The Morgan fingerprint density at radius 3 is 1.45 bits per heavy atom. The van der Waals surface area contributed by atoms with E-state index in [4.69, 9.17) is 0 Å². The normalized spacial score (nSPS) is 10.9. The first-order valence-corrected chi connectivity index (χ1v) is 7.39. The van der Waals surface area contributed by atoms with Crippen LogP contribution in [0.4, 0.5) is 0 Å². The summed E-state index contributed by atoms with van der Waals surface area (Å²) in [6.45, 7) is 0. The number of aliphatic carboxylic acids is 1. The zero-order valence-corrected chi connectivity index (χ0v) is 24.8. The van der Waals surface area contributed by atoms with Crippen molar-refractivity contribution >= 4 is 27.1 Å². The average Bonchev–Trinajstić information content (AvgIpc) is 1.95. The molecule has 0 radical (unpaired) electrons. The number of hydrogen-bond acceptors (Lipinski definition) is 9. The quantitative estimate of drug-likeness (QED) is 0.332. The standard InChI is InChI=1S/C5H11NO9P2.5Na/c7-4(2-17(13,14)15)6-3(5(8)9)1-16(10,11)12;;;;;/h3H,1-2H2,(H,6,7)(H,8,9)(H2,10,11,12)(H2,13,14,15);;;;;/q;5*+1/p-5. The molecule has 1 unspecified atom stereocenters. The Balaban J connectivity index is -0.000000128. The molecule has 1 N–H and O–H groups in total. The Bertz CT molecular complexity index is 411. The van der Waals surface area contributed by atoms with E-state index in [2.05, 4.69) is 0 Å². The third-order valence-corrected chi connectivity index (χ3v) is 2.85. The zero-order valence-electron chi connectivity index (χ0n) is 13.1. The number of carboxylic acids is 1. The van der Waals surface area contributed by atoms with Gasteiger partial charge in [0.25, 0.3) is 0 Å². The van der Waals surface area contributed by atoms with E-state index in [1.165, 1.54) is 5.32 Å². The van der Waals surface area contributed by atoms with Crippen molar-refractivity contribution in [1.82, 2.24) is 5.32 Å². The first-order valence-electron chi connectivity index (χ1n) is 3.93. The summed E-state index contributed by atoms with van der Waals surface area (Å²) in [5.74, 6) is -3.61. The Labute approximate surface area is 237 Å². The van der Waals surface area contributed by atoms with Crippen LogP contribution in [0.3, 0.4) is 0 Å². The van der Waals surface area contributed by atoms with Gasteiger partial charge in [0.15, 0.2) is 0 Å². The maximum absolute atomic E-state index is 10.8. The van der Waals surface area contributed by atoms with E-state index in [0.717, 1.165) is 0 Å². The molecule has 100 valence electrons. The van der Waals surface area contributed by atoms with E-state index in [9.17, 15) is 43.4 Å². The van der Waals surface area contributed by atoms with Gasteiger partial charge in [0.1, 0.15) is 0 Å². The van der Waals surface area contributed by atoms with Crippen molar-refractivity contribution in [3.05, 3.63) is 0 Å².